The Kier molecular flexibility index (Phi) is 7.13. The van der Waals surface area contributed by atoms with Crippen LogP contribution in [0.1, 0.15) is 39.2 Å². The van der Waals surface area contributed by atoms with Gasteiger partial charge in [-0.1, -0.05) is 12.1 Å². The van der Waals surface area contributed by atoms with Crippen LogP contribution >= 0.6 is 11.3 Å². The Balaban J connectivity index is 1.54. The van der Waals surface area contributed by atoms with Gasteiger partial charge < -0.3 is 14.4 Å². The molecule has 1 aromatic heterocycles. The van der Waals surface area contributed by atoms with E-state index in [4.69, 9.17) is 9.47 Å². The van der Waals surface area contributed by atoms with E-state index in [2.05, 4.69) is 4.72 Å². The Morgan fingerprint density at radius 2 is 2.06 bits per heavy atom. The maximum Gasteiger partial charge on any atom is 0.340 e. The zero-order valence-corrected chi connectivity index (χ0v) is 19.8. The Labute approximate surface area is 195 Å². The summed E-state index contributed by atoms with van der Waals surface area (Å²) in [7, 11) is -2.80. The SMILES string of the molecule is COC(=O)c1c(S(=O)(=O)NCCc2ccc(F)cc2)sc2c1CCN(C(=O)[C@H]1CCCO1)C2. The predicted molar refractivity (Wildman–Crippen MR) is 119 cm³/mol. The van der Waals surface area contributed by atoms with Crippen molar-refractivity contribution in [2.24, 2.45) is 0 Å². The van der Waals surface area contributed by atoms with Crippen molar-refractivity contribution in [1.29, 1.82) is 0 Å². The number of benzene rings is 1. The Hall–Kier alpha value is -2.34. The van der Waals surface area contributed by atoms with E-state index < -0.39 is 22.1 Å². The lowest BCUT2D eigenvalue weighted by Gasteiger charge is -2.29. The van der Waals surface area contributed by atoms with Gasteiger partial charge in [0.25, 0.3) is 15.9 Å². The summed E-state index contributed by atoms with van der Waals surface area (Å²) in [6.07, 6.45) is 1.79. The fourth-order valence-electron chi connectivity index (χ4n) is 4.09. The van der Waals surface area contributed by atoms with Gasteiger partial charge in [0.15, 0.2) is 0 Å². The van der Waals surface area contributed by atoms with E-state index in [1.54, 1.807) is 17.0 Å². The highest BCUT2D eigenvalue weighted by Crippen LogP contribution is 2.37. The lowest BCUT2D eigenvalue weighted by atomic mass is 10.0. The fourth-order valence-corrected chi connectivity index (χ4v) is 7.06. The van der Waals surface area contributed by atoms with Crippen LogP contribution in [0.2, 0.25) is 0 Å². The molecule has 33 heavy (non-hydrogen) atoms. The summed E-state index contributed by atoms with van der Waals surface area (Å²) >= 11 is 0.989. The van der Waals surface area contributed by atoms with Crippen molar-refractivity contribution in [3.05, 3.63) is 51.7 Å². The first kappa shape index (κ1) is 23.8. The van der Waals surface area contributed by atoms with Crippen LogP contribution < -0.4 is 4.72 Å². The molecule has 0 saturated carbocycles. The van der Waals surface area contributed by atoms with Crippen LogP contribution in [0.5, 0.6) is 0 Å². The first-order chi connectivity index (χ1) is 15.8. The average molecular weight is 497 g/mol. The first-order valence-electron chi connectivity index (χ1n) is 10.7. The van der Waals surface area contributed by atoms with Gasteiger partial charge in [0, 0.05) is 24.6 Å². The van der Waals surface area contributed by atoms with Crippen molar-refractivity contribution in [2.45, 2.75) is 42.5 Å². The molecule has 0 bridgehead atoms. The Morgan fingerprint density at radius 1 is 1.30 bits per heavy atom. The summed E-state index contributed by atoms with van der Waals surface area (Å²) in [6.45, 7) is 1.26. The molecule has 1 saturated heterocycles. The molecule has 0 unspecified atom stereocenters. The monoisotopic (exact) mass is 496 g/mol. The number of methoxy groups -OCH3 is 1. The molecule has 0 aliphatic carbocycles. The molecule has 178 valence electrons. The lowest BCUT2D eigenvalue weighted by Crippen LogP contribution is -2.41. The second-order valence-corrected chi connectivity index (χ2v) is 11.0. The van der Waals surface area contributed by atoms with Gasteiger partial charge in [-0.2, -0.15) is 0 Å². The van der Waals surface area contributed by atoms with Gasteiger partial charge in [0.2, 0.25) is 0 Å². The molecule has 2 aromatic rings. The van der Waals surface area contributed by atoms with Crippen LogP contribution in [0.15, 0.2) is 28.5 Å². The minimum atomic E-state index is -4.01. The molecule has 1 fully saturated rings. The van der Waals surface area contributed by atoms with Gasteiger partial charge in [-0.15, -0.1) is 11.3 Å². The van der Waals surface area contributed by atoms with Crippen molar-refractivity contribution >= 4 is 33.2 Å². The topological polar surface area (TPSA) is 102 Å². The minimum Gasteiger partial charge on any atom is -0.465 e. The molecule has 1 N–H and O–H groups in total. The zero-order chi connectivity index (χ0) is 23.6. The molecule has 1 atom stereocenters. The summed E-state index contributed by atoms with van der Waals surface area (Å²) in [6, 6.07) is 5.81. The third kappa shape index (κ3) is 5.11. The van der Waals surface area contributed by atoms with Gasteiger partial charge in [-0.3, -0.25) is 4.79 Å². The molecule has 3 heterocycles. The van der Waals surface area contributed by atoms with Gasteiger partial charge in [0.1, 0.15) is 16.1 Å². The maximum absolute atomic E-state index is 13.1. The number of halogens is 1. The number of carbonyl (C=O) groups is 2. The first-order valence-corrected chi connectivity index (χ1v) is 13.0. The van der Waals surface area contributed by atoms with E-state index in [0.29, 0.717) is 42.9 Å². The van der Waals surface area contributed by atoms with Crippen molar-refractivity contribution in [3.8, 4) is 0 Å². The molecule has 4 rings (SSSR count). The Bertz CT molecular complexity index is 1140. The fraction of sp³-hybridized carbons (Fsp3) is 0.455. The van der Waals surface area contributed by atoms with E-state index in [1.807, 2.05) is 0 Å². The largest absolute Gasteiger partial charge is 0.465 e. The third-order valence-electron chi connectivity index (χ3n) is 5.79. The van der Waals surface area contributed by atoms with Crippen molar-refractivity contribution in [1.82, 2.24) is 9.62 Å². The average Bonchev–Trinajstić information content (AvgIpc) is 3.47. The second kappa shape index (κ2) is 9.88. The summed E-state index contributed by atoms with van der Waals surface area (Å²) in [5, 5.41) is 0. The van der Waals surface area contributed by atoms with E-state index >= 15 is 0 Å². The molecular formula is C22H25FN2O6S2. The van der Waals surface area contributed by atoms with Gasteiger partial charge in [-0.25, -0.2) is 22.3 Å². The number of esters is 1. The predicted octanol–water partition coefficient (Wildman–Crippen LogP) is 2.26. The molecule has 11 heteroatoms. The number of hydrogen-bond donors (Lipinski definition) is 1. The minimum absolute atomic E-state index is 0.0380. The highest BCUT2D eigenvalue weighted by molar-refractivity contribution is 7.91. The van der Waals surface area contributed by atoms with E-state index in [9.17, 15) is 22.4 Å². The second-order valence-electron chi connectivity index (χ2n) is 7.94. The number of nitrogens with zero attached hydrogens (tertiary/aromatic N) is 1. The van der Waals surface area contributed by atoms with Crippen molar-refractivity contribution in [3.63, 3.8) is 0 Å². The highest BCUT2D eigenvalue weighted by atomic mass is 32.2. The summed E-state index contributed by atoms with van der Waals surface area (Å²) in [4.78, 5) is 27.6. The van der Waals surface area contributed by atoms with Crippen LogP contribution in [0.3, 0.4) is 0 Å². The molecule has 8 nitrogen and oxygen atoms in total. The number of thiophene rings is 1. The lowest BCUT2D eigenvalue weighted by molar-refractivity contribution is -0.141. The summed E-state index contributed by atoms with van der Waals surface area (Å²) in [5.41, 5.74) is 1.43. The van der Waals surface area contributed by atoms with E-state index in [1.165, 1.54) is 19.2 Å². The summed E-state index contributed by atoms with van der Waals surface area (Å²) < 4.78 is 52.0. The number of amides is 1. The number of rotatable bonds is 7. The zero-order valence-electron chi connectivity index (χ0n) is 18.1. The van der Waals surface area contributed by atoms with Gasteiger partial charge >= 0.3 is 5.97 Å². The molecule has 1 amide bonds. The molecule has 0 spiro atoms. The molecule has 1 aromatic carbocycles. The molecule has 0 radical (unpaired) electrons. The highest BCUT2D eigenvalue weighted by Gasteiger charge is 2.36. The number of ether oxygens (including phenoxy) is 2. The smallest absolute Gasteiger partial charge is 0.340 e. The number of fused-ring (bicyclic) bond motifs is 1. The Morgan fingerprint density at radius 3 is 2.73 bits per heavy atom. The third-order valence-corrected chi connectivity index (χ3v) is 8.99. The molecule has 2 aliphatic rings. The number of nitrogens with one attached hydrogen (secondary N) is 1. The van der Waals surface area contributed by atoms with E-state index in [-0.39, 0.29) is 34.6 Å². The number of hydrogen-bond acceptors (Lipinski definition) is 7. The van der Waals surface area contributed by atoms with E-state index in [0.717, 1.165) is 23.3 Å². The van der Waals surface area contributed by atoms with Crippen LogP contribution in [0.25, 0.3) is 0 Å². The normalized spacial score (nSPS) is 18.2. The van der Waals surface area contributed by atoms with Gasteiger partial charge in [-0.05, 0) is 48.9 Å². The number of sulfonamides is 1. The standard InChI is InChI=1S/C22H25FN2O6S2/c1-30-21(27)19-16-9-11-25(20(26)17-3-2-12-31-17)13-18(16)32-22(19)33(28,29)24-10-8-14-4-6-15(23)7-5-14/h4-7,17,24H,2-3,8-13H2,1H3/t17-/m1/s1. The van der Waals surface area contributed by atoms with Crippen LogP contribution in [0.4, 0.5) is 4.39 Å². The van der Waals surface area contributed by atoms with Crippen LogP contribution in [0, 0.1) is 5.82 Å². The quantitative estimate of drug-likeness (QED) is 0.590. The van der Waals surface area contributed by atoms with Crippen LogP contribution in [-0.2, 0) is 43.7 Å². The van der Waals surface area contributed by atoms with Crippen molar-refractivity contribution < 1.29 is 31.9 Å². The molecule has 2 aliphatic heterocycles. The summed E-state index contributed by atoms with van der Waals surface area (Å²) in [5.74, 6) is -1.18. The number of carbonyl (C=O) groups excluding carboxylic acids is 2. The molecular weight excluding hydrogens is 471 g/mol. The van der Waals surface area contributed by atoms with Gasteiger partial charge in [0.05, 0.1) is 19.2 Å². The maximum atomic E-state index is 13.1. The van der Waals surface area contributed by atoms with Crippen molar-refractivity contribution in [2.75, 3.05) is 26.8 Å². The van der Waals surface area contributed by atoms with Crippen LogP contribution in [-0.4, -0.2) is 58.1 Å².